The third kappa shape index (κ3) is 5.26. The highest BCUT2D eigenvalue weighted by molar-refractivity contribution is 7.97. The fraction of sp³-hybridized carbons (Fsp3) is 0.276. The number of hydrogen-bond acceptors (Lipinski definition) is 3. The molecule has 0 N–H and O–H groups in total. The van der Waals surface area contributed by atoms with Crippen molar-refractivity contribution in [3.63, 3.8) is 0 Å². The number of terminal acetylenes is 1. The fourth-order valence-electron chi connectivity index (χ4n) is 4.38. The van der Waals surface area contributed by atoms with Gasteiger partial charge in [-0.25, -0.2) is 4.79 Å². The first-order valence-electron chi connectivity index (χ1n) is 11.3. The Morgan fingerprint density at radius 1 is 0.909 bits per heavy atom. The van der Waals surface area contributed by atoms with Crippen LogP contribution >= 0.6 is 0 Å². The van der Waals surface area contributed by atoms with Crippen LogP contribution in [0.15, 0.2) is 87.5 Å². The van der Waals surface area contributed by atoms with Gasteiger partial charge in [-0.05, 0) is 74.9 Å². The fourth-order valence-corrected chi connectivity index (χ4v) is 6.64. The van der Waals surface area contributed by atoms with Gasteiger partial charge in [-0.1, -0.05) is 42.3 Å². The van der Waals surface area contributed by atoms with E-state index in [1.54, 1.807) is 0 Å². The Hall–Kier alpha value is -3.16. The second kappa shape index (κ2) is 10.2. The van der Waals surface area contributed by atoms with Crippen molar-refractivity contribution in [2.75, 3.05) is 6.61 Å². The van der Waals surface area contributed by atoms with Gasteiger partial charge in [0.1, 0.15) is 5.75 Å². The maximum atomic E-state index is 12.5. The van der Waals surface area contributed by atoms with Crippen molar-refractivity contribution in [2.24, 2.45) is 0 Å². The monoisotopic (exact) mass is 457 g/mol. The molecule has 0 aromatic heterocycles. The highest BCUT2D eigenvalue weighted by Gasteiger charge is 2.36. The molecule has 0 unspecified atom stereocenters. The van der Waals surface area contributed by atoms with Crippen LogP contribution in [-0.4, -0.2) is 18.2 Å². The van der Waals surface area contributed by atoms with E-state index < -0.39 is 11.6 Å². The number of aryl methyl sites for hydroxylation is 2. The molecular formula is C29H29O3S+. The van der Waals surface area contributed by atoms with Crippen molar-refractivity contribution in [3.8, 4) is 18.1 Å². The van der Waals surface area contributed by atoms with E-state index in [0.717, 1.165) is 42.6 Å². The molecule has 3 nitrogen and oxygen atoms in total. The number of esters is 1. The maximum Gasteiger partial charge on any atom is 0.345 e. The lowest BCUT2D eigenvalue weighted by atomic mass is 10.0. The Morgan fingerprint density at radius 2 is 1.42 bits per heavy atom. The van der Waals surface area contributed by atoms with Gasteiger partial charge in [-0.3, -0.25) is 0 Å². The summed E-state index contributed by atoms with van der Waals surface area (Å²) in [7, 11) is -0.236. The third-order valence-electron chi connectivity index (χ3n) is 5.95. The quantitative estimate of drug-likeness (QED) is 0.238. The minimum atomic E-state index is -0.756. The van der Waals surface area contributed by atoms with Gasteiger partial charge in [0.05, 0.1) is 10.9 Å². The molecule has 0 bridgehead atoms. The SMILES string of the molecule is C#CC1(OC(=O)COc2c(C)cc([S+](c3ccccc3)c3ccccc3)cc2C)CCCC1. The van der Waals surface area contributed by atoms with E-state index in [9.17, 15) is 4.79 Å². The average molecular weight is 458 g/mol. The topological polar surface area (TPSA) is 35.5 Å². The number of carbonyl (C=O) groups excluding carboxylic acids is 1. The van der Waals surface area contributed by atoms with E-state index in [0.29, 0.717) is 0 Å². The molecule has 0 aliphatic heterocycles. The van der Waals surface area contributed by atoms with Gasteiger partial charge in [0, 0.05) is 12.1 Å². The molecule has 3 aromatic carbocycles. The van der Waals surface area contributed by atoms with Gasteiger partial charge in [0.25, 0.3) is 0 Å². The molecule has 0 heterocycles. The molecule has 33 heavy (non-hydrogen) atoms. The van der Waals surface area contributed by atoms with Gasteiger partial charge in [0.2, 0.25) is 0 Å². The summed E-state index contributed by atoms with van der Waals surface area (Å²) in [6, 6.07) is 25.4. The Morgan fingerprint density at radius 3 is 1.91 bits per heavy atom. The van der Waals surface area contributed by atoms with Crippen molar-refractivity contribution < 1.29 is 14.3 Å². The summed E-state index contributed by atoms with van der Waals surface area (Å²) < 4.78 is 11.6. The maximum absolute atomic E-state index is 12.5. The first-order chi connectivity index (χ1) is 16.0. The van der Waals surface area contributed by atoms with Gasteiger partial charge >= 0.3 is 5.97 Å². The molecule has 1 aliphatic carbocycles. The first-order valence-corrected chi connectivity index (χ1v) is 12.5. The molecule has 1 saturated carbocycles. The molecule has 0 saturated heterocycles. The van der Waals surface area contributed by atoms with Crippen LogP contribution in [0, 0.1) is 26.2 Å². The molecule has 4 heteroatoms. The van der Waals surface area contributed by atoms with Gasteiger partial charge < -0.3 is 9.47 Å². The minimum Gasteiger partial charge on any atom is -0.481 e. The zero-order valence-electron chi connectivity index (χ0n) is 19.2. The number of rotatable bonds is 7. The predicted octanol–water partition coefficient (Wildman–Crippen LogP) is 6.27. The number of carbonyl (C=O) groups is 1. The summed E-state index contributed by atoms with van der Waals surface area (Å²) in [4.78, 5) is 16.2. The molecule has 0 amide bonds. The van der Waals surface area contributed by atoms with E-state index in [1.165, 1.54) is 14.7 Å². The second-order valence-corrected chi connectivity index (χ2v) is 10.5. The largest absolute Gasteiger partial charge is 0.481 e. The third-order valence-corrected chi connectivity index (χ3v) is 8.14. The lowest BCUT2D eigenvalue weighted by Gasteiger charge is -2.23. The smallest absolute Gasteiger partial charge is 0.345 e. The predicted molar refractivity (Wildman–Crippen MR) is 133 cm³/mol. The zero-order chi connectivity index (χ0) is 23.3. The summed E-state index contributed by atoms with van der Waals surface area (Å²) in [5.74, 6) is 3.00. The minimum absolute atomic E-state index is 0.145. The van der Waals surface area contributed by atoms with Crippen LogP contribution in [0.3, 0.4) is 0 Å². The summed E-state index contributed by atoms with van der Waals surface area (Å²) >= 11 is 0. The highest BCUT2D eigenvalue weighted by atomic mass is 32.2. The summed E-state index contributed by atoms with van der Waals surface area (Å²) in [5.41, 5.74) is 1.23. The Bertz CT molecular complexity index is 1080. The molecular weight excluding hydrogens is 428 g/mol. The van der Waals surface area contributed by atoms with Crippen LogP contribution in [-0.2, 0) is 20.4 Å². The molecule has 3 aromatic rings. The first kappa shape index (κ1) is 23.0. The molecule has 1 aliphatic rings. The molecule has 1 fully saturated rings. The average Bonchev–Trinajstić information content (AvgIpc) is 3.29. The van der Waals surface area contributed by atoms with E-state index >= 15 is 0 Å². The van der Waals surface area contributed by atoms with Crippen LogP contribution in [0.2, 0.25) is 0 Å². The summed E-state index contributed by atoms with van der Waals surface area (Å²) in [6.07, 6.45) is 9.07. The summed E-state index contributed by atoms with van der Waals surface area (Å²) in [6.45, 7) is 3.90. The lowest BCUT2D eigenvalue weighted by molar-refractivity contribution is -0.156. The molecule has 4 rings (SSSR count). The van der Waals surface area contributed by atoms with Crippen molar-refractivity contribution in [1.29, 1.82) is 0 Å². The zero-order valence-corrected chi connectivity index (χ0v) is 20.0. The van der Waals surface area contributed by atoms with Crippen LogP contribution in [0.5, 0.6) is 5.75 Å². The second-order valence-electron chi connectivity index (χ2n) is 8.43. The van der Waals surface area contributed by atoms with E-state index in [1.807, 2.05) is 26.0 Å². The lowest BCUT2D eigenvalue weighted by Crippen LogP contribution is -2.32. The standard InChI is InChI=1S/C29H29O3S/c1-4-29(17-11-12-18-29)32-27(30)21-31-28-22(2)19-26(20-23(28)3)33(24-13-7-5-8-14-24)25-15-9-6-10-16-25/h1,5-10,13-16,19-20H,11-12,17-18,21H2,2-3H3/q+1. The number of hydrogen-bond donors (Lipinski definition) is 0. The van der Waals surface area contributed by atoms with Crippen LogP contribution < -0.4 is 4.74 Å². The molecule has 0 radical (unpaired) electrons. The van der Waals surface area contributed by atoms with Gasteiger partial charge in [-0.15, -0.1) is 6.42 Å². The molecule has 0 spiro atoms. The van der Waals surface area contributed by atoms with Crippen LogP contribution in [0.25, 0.3) is 0 Å². The van der Waals surface area contributed by atoms with E-state index in [4.69, 9.17) is 15.9 Å². The van der Waals surface area contributed by atoms with Crippen molar-refractivity contribution >= 4 is 16.9 Å². The Balaban J connectivity index is 1.56. The molecule has 168 valence electrons. The Kier molecular flexibility index (Phi) is 7.11. The number of benzene rings is 3. The van der Waals surface area contributed by atoms with Crippen LogP contribution in [0.1, 0.15) is 36.8 Å². The van der Waals surface area contributed by atoms with E-state index in [-0.39, 0.29) is 17.5 Å². The van der Waals surface area contributed by atoms with Gasteiger partial charge in [-0.2, -0.15) is 0 Å². The van der Waals surface area contributed by atoms with Gasteiger partial charge in [0.15, 0.2) is 26.9 Å². The van der Waals surface area contributed by atoms with Crippen LogP contribution in [0.4, 0.5) is 0 Å². The van der Waals surface area contributed by atoms with E-state index in [2.05, 4.69) is 66.6 Å². The number of ether oxygens (including phenoxy) is 2. The normalized spacial score (nSPS) is 14.6. The molecule has 0 atom stereocenters. The Labute approximate surface area is 199 Å². The van der Waals surface area contributed by atoms with Crippen molar-refractivity contribution in [2.45, 2.75) is 59.8 Å². The highest BCUT2D eigenvalue weighted by Crippen LogP contribution is 2.36. The van der Waals surface area contributed by atoms with Crippen molar-refractivity contribution in [1.82, 2.24) is 0 Å². The van der Waals surface area contributed by atoms with Crippen molar-refractivity contribution in [3.05, 3.63) is 83.9 Å². The summed E-state index contributed by atoms with van der Waals surface area (Å²) in [5, 5.41) is 0.